The van der Waals surface area contributed by atoms with E-state index in [-0.39, 0.29) is 0 Å². The first-order valence-electron chi connectivity index (χ1n) is 7.51. The zero-order chi connectivity index (χ0) is 15.6. The standard InChI is InChI=1S/C16H25N5/c1-10(2)16-18-9-15(14(19-16)8-17-11(3)4)21-13(6)7-12(5)20-21/h7,9-11,17H,8H2,1-6H3. The Kier molecular flexibility index (Phi) is 4.73. The Morgan fingerprint density at radius 1 is 1.19 bits per heavy atom. The molecule has 0 saturated heterocycles. The minimum absolute atomic E-state index is 0.317. The smallest absolute Gasteiger partial charge is 0.131 e. The molecule has 21 heavy (non-hydrogen) atoms. The highest BCUT2D eigenvalue weighted by Crippen LogP contribution is 2.18. The van der Waals surface area contributed by atoms with Crippen molar-refractivity contribution in [3.63, 3.8) is 0 Å². The molecule has 5 nitrogen and oxygen atoms in total. The Bertz CT molecular complexity index is 613. The van der Waals surface area contributed by atoms with E-state index in [9.17, 15) is 0 Å². The second-order valence-electron chi connectivity index (χ2n) is 6.09. The monoisotopic (exact) mass is 287 g/mol. The van der Waals surface area contributed by atoms with Gasteiger partial charge in [0.25, 0.3) is 0 Å². The van der Waals surface area contributed by atoms with Gasteiger partial charge >= 0.3 is 0 Å². The molecule has 2 aromatic rings. The molecule has 0 aliphatic carbocycles. The van der Waals surface area contributed by atoms with Crippen LogP contribution < -0.4 is 5.32 Å². The summed E-state index contributed by atoms with van der Waals surface area (Å²) in [5.41, 5.74) is 4.05. The van der Waals surface area contributed by atoms with E-state index in [2.05, 4.69) is 56.1 Å². The van der Waals surface area contributed by atoms with E-state index in [1.54, 1.807) is 0 Å². The molecular weight excluding hydrogens is 262 g/mol. The van der Waals surface area contributed by atoms with Gasteiger partial charge < -0.3 is 5.32 Å². The lowest BCUT2D eigenvalue weighted by atomic mass is 10.2. The van der Waals surface area contributed by atoms with Crippen LogP contribution in [0.5, 0.6) is 0 Å². The molecule has 0 bridgehead atoms. The SMILES string of the molecule is Cc1cc(C)n(-c2cnc(C(C)C)nc2CNC(C)C)n1. The topological polar surface area (TPSA) is 55.6 Å². The Morgan fingerprint density at radius 2 is 1.90 bits per heavy atom. The second-order valence-corrected chi connectivity index (χ2v) is 6.09. The van der Waals surface area contributed by atoms with Crippen LogP contribution in [0, 0.1) is 13.8 Å². The summed E-state index contributed by atoms with van der Waals surface area (Å²) in [7, 11) is 0. The second kappa shape index (κ2) is 6.35. The molecule has 0 atom stereocenters. The number of aromatic nitrogens is 4. The average molecular weight is 287 g/mol. The maximum Gasteiger partial charge on any atom is 0.131 e. The molecule has 0 unspecified atom stereocenters. The molecule has 0 amide bonds. The van der Waals surface area contributed by atoms with Gasteiger partial charge in [0.15, 0.2) is 0 Å². The summed E-state index contributed by atoms with van der Waals surface area (Å²) < 4.78 is 1.93. The molecule has 5 heteroatoms. The van der Waals surface area contributed by atoms with Crippen LogP contribution >= 0.6 is 0 Å². The average Bonchev–Trinajstić information content (AvgIpc) is 2.74. The molecule has 0 aromatic carbocycles. The van der Waals surface area contributed by atoms with Crippen LogP contribution in [0.25, 0.3) is 5.69 Å². The zero-order valence-electron chi connectivity index (χ0n) is 13.8. The maximum absolute atomic E-state index is 4.74. The normalized spacial score (nSPS) is 11.6. The van der Waals surface area contributed by atoms with E-state index in [4.69, 9.17) is 4.98 Å². The van der Waals surface area contributed by atoms with Crippen molar-refractivity contribution < 1.29 is 0 Å². The predicted octanol–water partition coefficient (Wildman–Crippen LogP) is 2.90. The zero-order valence-corrected chi connectivity index (χ0v) is 13.8. The fourth-order valence-corrected chi connectivity index (χ4v) is 2.18. The Hall–Kier alpha value is -1.75. The summed E-state index contributed by atoms with van der Waals surface area (Å²) in [6, 6.07) is 2.48. The third-order valence-electron chi connectivity index (χ3n) is 3.30. The van der Waals surface area contributed by atoms with E-state index in [1.807, 2.05) is 17.8 Å². The van der Waals surface area contributed by atoms with Crippen LogP contribution in [0.4, 0.5) is 0 Å². The Morgan fingerprint density at radius 3 is 2.43 bits per heavy atom. The minimum atomic E-state index is 0.317. The van der Waals surface area contributed by atoms with Crippen molar-refractivity contribution in [1.29, 1.82) is 0 Å². The summed E-state index contributed by atoms with van der Waals surface area (Å²) >= 11 is 0. The molecule has 0 aliphatic heterocycles. The molecule has 0 spiro atoms. The van der Waals surface area contributed by atoms with Gasteiger partial charge in [0.2, 0.25) is 0 Å². The third kappa shape index (κ3) is 3.67. The van der Waals surface area contributed by atoms with Crippen LogP contribution in [0.2, 0.25) is 0 Å². The molecule has 0 fully saturated rings. The van der Waals surface area contributed by atoms with Crippen molar-refractivity contribution in [3.05, 3.63) is 35.2 Å². The maximum atomic E-state index is 4.74. The highest BCUT2D eigenvalue weighted by Gasteiger charge is 2.14. The summed E-state index contributed by atoms with van der Waals surface area (Å²) in [5.74, 6) is 1.19. The number of hydrogen-bond donors (Lipinski definition) is 1. The third-order valence-corrected chi connectivity index (χ3v) is 3.30. The van der Waals surface area contributed by atoms with Gasteiger partial charge in [0, 0.05) is 24.2 Å². The quantitative estimate of drug-likeness (QED) is 0.918. The van der Waals surface area contributed by atoms with E-state index in [0.717, 1.165) is 28.6 Å². The molecule has 2 aromatic heterocycles. The Balaban J connectivity index is 2.46. The van der Waals surface area contributed by atoms with Crippen molar-refractivity contribution in [2.75, 3.05) is 0 Å². The van der Waals surface area contributed by atoms with Crippen LogP contribution in [0.15, 0.2) is 12.3 Å². The van der Waals surface area contributed by atoms with Crippen molar-refractivity contribution in [2.45, 2.75) is 60.0 Å². The van der Waals surface area contributed by atoms with Gasteiger partial charge in [-0.2, -0.15) is 5.10 Å². The largest absolute Gasteiger partial charge is 0.309 e. The first-order valence-corrected chi connectivity index (χ1v) is 7.51. The summed E-state index contributed by atoms with van der Waals surface area (Å²) in [4.78, 5) is 9.23. The molecule has 2 heterocycles. The molecule has 0 radical (unpaired) electrons. The lowest BCUT2D eigenvalue weighted by Gasteiger charge is -2.15. The van der Waals surface area contributed by atoms with Crippen molar-refractivity contribution in [3.8, 4) is 5.69 Å². The molecular formula is C16H25N5. The van der Waals surface area contributed by atoms with Gasteiger partial charge in [-0.25, -0.2) is 14.6 Å². The Labute approximate surface area is 126 Å². The van der Waals surface area contributed by atoms with Gasteiger partial charge in [0.1, 0.15) is 11.5 Å². The fraction of sp³-hybridized carbons (Fsp3) is 0.562. The first kappa shape index (κ1) is 15.6. The van der Waals surface area contributed by atoms with Gasteiger partial charge in [0.05, 0.1) is 17.6 Å². The van der Waals surface area contributed by atoms with Crippen LogP contribution in [0.1, 0.15) is 56.5 Å². The van der Waals surface area contributed by atoms with Gasteiger partial charge in [-0.05, 0) is 19.9 Å². The minimum Gasteiger partial charge on any atom is -0.309 e. The summed E-state index contributed by atoms with van der Waals surface area (Å²) in [6.45, 7) is 13.2. The van der Waals surface area contributed by atoms with Gasteiger partial charge in [-0.15, -0.1) is 0 Å². The van der Waals surface area contributed by atoms with Crippen LogP contribution in [0.3, 0.4) is 0 Å². The predicted molar refractivity (Wildman–Crippen MR) is 84.7 cm³/mol. The van der Waals surface area contributed by atoms with E-state index < -0.39 is 0 Å². The van der Waals surface area contributed by atoms with Gasteiger partial charge in [-0.1, -0.05) is 27.7 Å². The molecule has 1 N–H and O–H groups in total. The fourth-order valence-electron chi connectivity index (χ4n) is 2.18. The molecule has 0 aliphatic rings. The first-order chi connectivity index (χ1) is 9.88. The summed E-state index contributed by atoms with van der Waals surface area (Å²) in [6.07, 6.45) is 1.89. The molecule has 2 rings (SSSR count). The van der Waals surface area contributed by atoms with E-state index in [0.29, 0.717) is 18.5 Å². The number of nitrogens with zero attached hydrogens (tertiary/aromatic N) is 4. The van der Waals surface area contributed by atoms with Crippen molar-refractivity contribution >= 4 is 0 Å². The number of rotatable bonds is 5. The van der Waals surface area contributed by atoms with Crippen molar-refractivity contribution in [2.24, 2.45) is 0 Å². The highest BCUT2D eigenvalue weighted by atomic mass is 15.3. The molecule has 114 valence electrons. The van der Waals surface area contributed by atoms with Crippen LogP contribution in [-0.4, -0.2) is 25.8 Å². The summed E-state index contributed by atoms with van der Waals surface area (Å²) in [5, 5.41) is 7.98. The van der Waals surface area contributed by atoms with Crippen LogP contribution in [-0.2, 0) is 6.54 Å². The lowest BCUT2D eigenvalue weighted by Crippen LogP contribution is -2.24. The van der Waals surface area contributed by atoms with E-state index in [1.165, 1.54) is 0 Å². The van der Waals surface area contributed by atoms with E-state index >= 15 is 0 Å². The number of hydrogen-bond acceptors (Lipinski definition) is 4. The highest BCUT2D eigenvalue weighted by molar-refractivity contribution is 5.36. The van der Waals surface area contributed by atoms with Crippen molar-refractivity contribution in [1.82, 2.24) is 25.1 Å². The lowest BCUT2D eigenvalue weighted by molar-refractivity contribution is 0.573. The molecule has 0 saturated carbocycles. The number of nitrogens with one attached hydrogen (secondary N) is 1. The number of aryl methyl sites for hydroxylation is 2. The van der Waals surface area contributed by atoms with Gasteiger partial charge in [-0.3, -0.25) is 0 Å².